The third-order valence-electron chi connectivity index (χ3n) is 2.32. The predicted octanol–water partition coefficient (Wildman–Crippen LogP) is 3.87. The van der Waals surface area contributed by atoms with Crippen LogP contribution in [-0.4, -0.2) is 7.11 Å². The number of rotatable bonds is 3. The van der Waals surface area contributed by atoms with Crippen molar-refractivity contribution in [3.05, 3.63) is 28.8 Å². The average Bonchev–Trinajstić information content (AvgIpc) is 2.25. The Morgan fingerprint density at radius 1 is 1.47 bits per heavy atom. The monoisotopic (exact) mass is 222 g/mol. The molecule has 0 aromatic heterocycles. The van der Waals surface area contributed by atoms with E-state index in [1.165, 1.54) is 0 Å². The van der Waals surface area contributed by atoms with Crippen LogP contribution < -0.4 is 4.74 Å². The first-order valence-electron chi connectivity index (χ1n) is 4.92. The Kier molecular flexibility index (Phi) is 4.52. The molecule has 0 saturated carbocycles. The van der Waals surface area contributed by atoms with E-state index in [4.69, 9.17) is 16.3 Å². The summed E-state index contributed by atoms with van der Waals surface area (Å²) in [4.78, 5) is 0. The molecule has 1 unspecified atom stereocenters. The van der Waals surface area contributed by atoms with E-state index in [-0.39, 0.29) is 0 Å². The van der Waals surface area contributed by atoms with Gasteiger partial charge in [-0.3, -0.25) is 0 Å². The molecule has 0 aliphatic heterocycles. The fourth-order valence-electron chi connectivity index (χ4n) is 1.40. The van der Waals surface area contributed by atoms with E-state index >= 15 is 0 Å². The smallest absolute Gasteiger partial charge is 0.120 e. The number of halogens is 1. The zero-order valence-corrected chi connectivity index (χ0v) is 10.1. The number of benzene rings is 1. The highest BCUT2D eigenvalue weighted by Gasteiger charge is 2.09. The van der Waals surface area contributed by atoms with E-state index in [1.54, 1.807) is 7.11 Å². The van der Waals surface area contributed by atoms with Gasteiger partial charge in [0.15, 0.2) is 0 Å². The second-order valence-corrected chi connectivity index (χ2v) is 3.83. The summed E-state index contributed by atoms with van der Waals surface area (Å²) in [5.41, 5.74) is 1.13. The molecule has 0 saturated heterocycles. The van der Waals surface area contributed by atoms with Crippen LogP contribution in [0, 0.1) is 11.8 Å². The van der Waals surface area contributed by atoms with Gasteiger partial charge in [-0.2, -0.15) is 0 Å². The molecule has 1 aromatic carbocycles. The first-order chi connectivity index (χ1) is 7.19. The highest BCUT2D eigenvalue weighted by Crippen LogP contribution is 2.29. The van der Waals surface area contributed by atoms with Crippen molar-refractivity contribution in [3.63, 3.8) is 0 Å². The van der Waals surface area contributed by atoms with Crippen molar-refractivity contribution >= 4 is 11.6 Å². The van der Waals surface area contributed by atoms with Crippen molar-refractivity contribution in [2.24, 2.45) is 0 Å². The summed E-state index contributed by atoms with van der Waals surface area (Å²) < 4.78 is 5.10. The van der Waals surface area contributed by atoms with Gasteiger partial charge in [0.25, 0.3) is 0 Å². The average molecular weight is 223 g/mol. The van der Waals surface area contributed by atoms with Crippen molar-refractivity contribution < 1.29 is 4.74 Å². The van der Waals surface area contributed by atoms with E-state index < -0.39 is 0 Å². The lowest BCUT2D eigenvalue weighted by atomic mass is 9.98. The number of ether oxygens (including phenoxy) is 1. The summed E-state index contributed by atoms with van der Waals surface area (Å²) in [6, 6.07) is 5.77. The normalized spacial score (nSPS) is 11.5. The van der Waals surface area contributed by atoms with Crippen molar-refractivity contribution in [3.8, 4) is 17.6 Å². The lowest BCUT2D eigenvalue weighted by molar-refractivity contribution is 0.414. The van der Waals surface area contributed by atoms with Crippen molar-refractivity contribution in [1.29, 1.82) is 0 Å². The largest absolute Gasteiger partial charge is 0.497 e. The van der Waals surface area contributed by atoms with Gasteiger partial charge >= 0.3 is 0 Å². The Morgan fingerprint density at radius 2 is 2.20 bits per heavy atom. The number of methoxy groups -OCH3 is 1. The molecule has 2 heteroatoms. The second-order valence-electron chi connectivity index (χ2n) is 3.42. The molecule has 0 heterocycles. The van der Waals surface area contributed by atoms with Gasteiger partial charge < -0.3 is 4.74 Å². The minimum absolute atomic E-state index is 0.357. The van der Waals surface area contributed by atoms with E-state index in [1.807, 2.05) is 25.1 Å². The third-order valence-corrected chi connectivity index (χ3v) is 2.65. The molecule has 0 amide bonds. The van der Waals surface area contributed by atoms with Crippen LogP contribution in [0.25, 0.3) is 0 Å². The van der Waals surface area contributed by atoms with Crippen LogP contribution >= 0.6 is 11.6 Å². The molecule has 80 valence electrons. The maximum absolute atomic E-state index is 6.15. The summed E-state index contributed by atoms with van der Waals surface area (Å²) >= 11 is 6.15. The molecule has 1 nitrogen and oxygen atoms in total. The molecule has 0 bridgehead atoms. The van der Waals surface area contributed by atoms with Crippen LogP contribution in [0.4, 0.5) is 0 Å². The maximum atomic E-state index is 6.15. The van der Waals surface area contributed by atoms with Gasteiger partial charge in [-0.1, -0.05) is 24.6 Å². The Hall–Kier alpha value is -1.13. The van der Waals surface area contributed by atoms with Crippen LogP contribution in [0.3, 0.4) is 0 Å². The molecule has 0 aliphatic carbocycles. The van der Waals surface area contributed by atoms with E-state index in [0.717, 1.165) is 22.8 Å². The summed E-state index contributed by atoms with van der Waals surface area (Å²) in [6.07, 6.45) is 0.836. The fraction of sp³-hybridized carbons (Fsp3) is 0.385. The molecule has 1 aromatic rings. The van der Waals surface area contributed by atoms with E-state index in [9.17, 15) is 0 Å². The zero-order chi connectivity index (χ0) is 11.3. The molecule has 0 aliphatic rings. The first kappa shape index (κ1) is 11.9. The van der Waals surface area contributed by atoms with E-state index in [0.29, 0.717) is 5.92 Å². The standard InChI is InChI=1S/C13H15ClO/c1-4-5-6-10(2)12-8-7-11(15-3)9-13(12)14/h7-10H,6H2,1-3H3. The summed E-state index contributed by atoms with van der Waals surface area (Å²) in [6.45, 7) is 3.97. The highest BCUT2D eigenvalue weighted by molar-refractivity contribution is 6.31. The lowest BCUT2D eigenvalue weighted by Crippen LogP contribution is -1.94. The Morgan fingerprint density at radius 3 is 2.73 bits per heavy atom. The van der Waals surface area contributed by atoms with Gasteiger partial charge in [-0.05, 0) is 30.5 Å². The van der Waals surface area contributed by atoms with Crippen LogP contribution in [0.15, 0.2) is 18.2 Å². The minimum Gasteiger partial charge on any atom is -0.497 e. The molecular weight excluding hydrogens is 208 g/mol. The third kappa shape index (κ3) is 3.18. The molecular formula is C13H15ClO. The maximum Gasteiger partial charge on any atom is 0.120 e. The van der Waals surface area contributed by atoms with Crippen molar-refractivity contribution in [1.82, 2.24) is 0 Å². The van der Waals surface area contributed by atoms with Gasteiger partial charge in [0, 0.05) is 11.4 Å². The van der Waals surface area contributed by atoms with Crippen LogP contribution in [0.1, 0.15) is 31.7 Å². The SMILES string of the molecule is CC#CCC(C)c1ccc(OC)cc1Cl. The van der Waals surface area contributed by atoms with Crippen LogP contribution in [0.5, 0.6) is 5.75 Å². The quantitative estimate of drug-likeness (QED) is 0.706. The Balaban J connectivity index is 2.88. The van der Waals surface area contributed by atoms with Crippen LogP contribution in [0.2, 0.25) is 5.02 Å². The molecule has 0 radical (unpaired) electrons. The molecule has 0 fully saturated rings. The Bertz CT molecular complexity index is 387. The minimum atomic E-state index is 0.357. The summed E-state index contributed by atoms with van der Waals surface area (Å²) in [7, 11) is 1.64. The topological polar surface area (TPSA) is 9.23 Å². The first-order valence-corrected chi connectivity index (χ1v) is 5.30. The van der Waals surface area contributed by atoms with Gasteiger partial charge in [0.2, 0.25) is 0 Å². The Labute approximate surface area is 96.4 Å². The van der Waals surface area contributed by atoms with Crippen LogP contribution in [-0.2, 0) is 0 Å². The van der Waals surface area contributed by atoms with Gasteiger partial charge in [0.05, 0.1) is 7.11 Å². The molecule has 1 atom stereocenters. The van der Waals surface area contributed by atoms with E-state index in [2.05, 4.69) is 18.8 Å². The number of hydrogen-bond acceptors (Lipinski definition) is 1. The van der Waals surface area contributed by atoms with Gasteiger partial charge in [0.1, 0.15) is 5.75 Å². The predicted molar refractivity (Wildman–Crippen MR) is 64.5 cm³/mol. The molecule has 0 N–H and O–H groups in total. The summed E-state index contributed by atoms with van der Waals surface area (Å²) in [5, 5.41) is 0.750. The van der Waals surface area contributed by atoms with Gasteiger partial charge in [-0.25, -0.2) is 0 Å². The van der Waals surface area contributed by atoms with Crippen molar-refractivity contribution in [2.75, 3.05) is 7.11 Å². The highest BCUT2D eigenvalue weighted by atomic mass is 35.5. The number of hydrogen-bond donors (Lipinski definition) is 0. The molecule has 0 spiro atoms. The molecule has 15 heavy (non-hydrogen) atoms. The fourth-order valence-corrected chi connectivity index (χ4v) is 1.76. The summed E-state index contributed by atoms with van der Waals surface area (Å²) in [5.74, 6) is 7.10. The van der Waals surface area contributed by atoms with Gasteiger partial charge in [-0.15, -0.1) is 11.8 Å². The lowest BCUT2D eigenvalue weighted by Gasteiger charge is -2.11. The van der Waals surface area contributed by atoms with Crippen molar-refractivity contribution in [2.45, 2.75) is 26.2 Å². The molecule has 1 rings (SSSR count). The second kappa shape index (κ2) is 5.68. The zero-order valence-electron chi connectivity index (χ0n) is 9.30.